The van der Waals surface area contributed by atoms with Crippen molar-refractivity contribution in [3.05, 3.63) is 24.3 Å². The van der Waals surface area contributed by atoms with Crippen molar-refractivity contribution in [2.75, 3.05) is 57.4 Å². The first-order valence-electron chi connectivity index (χ1n) is 9.95. The first-order valence-corrected chi connectivity index (χ1v) is 9.95. The molecule has 0 spiro atoms. The van der Waals surface area contributed by atoms with Gasteiger partial charge in [0.05, 0.1) is 24.2 Å². The number of nitrogens with zero attached hydrogens (tertiary/aromatic N) is 5. The van der Waals surface area contributed by atoms with Gasteiger partial charge in [-0.15, -0.1) is 0 Å². The van der Waals surface area contributed by atoms with Crippen LogP contribution in [0.3, 0.4) is 0 Å². The highest BCUT2D eigenvalue weighted by molar-refractivity contribution is 5.79. The highest BCUT2D eigenvalue weighted by atomic mass is 16.5. The number of carbonyl (C=O) groups is 1. The number of hydrogen-bond acceptors (Lipinski definition) is 4. The lowest BCUT2D eigenvalue weighted by atomic mass is 10.2. The van der Waals surface area contributed by atoms with E-state index in [0.29, 0.717) is 32.2 Å². The smallest absolute Gasteiger partial charge is 0.320 e. The third kappa shape index (κ3) is 3.74. The zero-order valence-electron chi connectivity index (χ0n) is 16.3. The number of piperazine rings is 1. The van der Waals surface area contributed by atoms with Gasteiger partial charge in [-0.05, 0) is 18.1 Å². The van der Waals surface area contributed by atoms with Crippen molar-refractivity contribution in [3.8, 4) is 0 Å². The fourth-order valence-corrected chi connectivity index (χ4v) is 3.90. The van der Waals surface area contributed by atoms with Crippen LogP contribution in [0.2, 0.25) is 0 Å². The third-order valence-electron chi connectivity index (χ3n) is 5.30. The molecule has 146 valence electrons. The van der Waals surface area contributed by atoms with Gasteiger partial charge in [0.25, 0.3) is 0 Å². The molecule has 2 aliphatic rings. The van der Waals surface area contributed by atoms with Crippen LogP contribution >= 0.6 is 0 Å². The third-order valence-corrected chi connectivity index (χ3v) is 5.30. The second kappa shape index (κ2) is 7.76. The maximum absolute atomic E-state index is 12.7. The van der Waals surface area contributed by atoms with Gasteiger partial charge in [0, 0.05) is 45.8 Å². The SMILES string of the molecule is CC(C)Cn1c(N2CCN(C(=O)N3CCOCC3)CC2)nc2ccccc21. The van der Waals surface area contributed by atoms with Gasteiger partial charge in [0.1, 0.15) is 0 Å². The van der Waals surface area contributed by atoms with Gasteiger partial charge in [0.15, 0.2) is 0 Å². The molecular weight excluding hydrogens is 342 g/mol. The van der Waals surface area contributed by atoms with Crippen molar-refractivity contribution in [3.63, 3.8) is 0 Å². The number of amides is 2. The number of hydrogen-bond donors (Lipinski definition) is 0. The summed E-state index contributed by atoms with van der Waals surface area (Å²) in [5.41, 5.74) is 2.23. The minimum absolute atomic E-state index is 0.147. The van der Waals surface area contributed by atoms with E-state index in [4.69, 9.17) is 9.72 Å². The molecule has 2 aromatic rings. The number of imidazole rings is 1. The van der Waals surface area contributed by atoms with E-state index in [1.807, 2.05) is 15.9 Å². The van der Waals surface area contributed by atoms with Crippen LogP contribution in [-0.4, -0.2) is 77.9 Å². The molecule has 2 saturated heterocycles. The van der Waals surface area contributed by atoms with Crippen LogP contribution in [0.25, 0.3) is 11.0 Å². The predicted octanol–water partition coefficient (Wildman–Crippen LogP) is 2.27. The summed E-state index contributed by atoms with van der Waals surface area (Å²) in [5, 5.41) is 0. The summed E-state index contributed by atoms with van der Waals surface area (Å²) in [4.78, 5) is 23.8. The van der Waals surface area contributed by atoms with E-state index in [9.17, 15) is 4.79 Å². The minimum Gasteiger partial charge on any atom is -0.378 e. The molecule has 0 saturated carbocycles. The number of morpholine rings is 1. The topological polar surface area (TPSA) is 53.8 Å². The number of aromatic nitrogens is 2. The Labute approximate surface area is 160 Å². The van der Waals surface area contributed by atoms with E-state index < -0.39 is 0 Å². The van der Waals surface area contributed by atoms with E-state index >= 15 is 0 Å². The molecule has 7 heteroatoms. The molecule has 0 aliphatic carbocycles. The molecule has 0 atom stereocenters. The Morgan fingerprint density at radius 2 is 1.70 bits per heavy atom. The number of carbonyl (C=O) groups excluding carboxylic acids is 1. The molecule has 0 N–H and O–H groups in total. The van der Waals surface area contributed by atoms with Gasteiger partial charge in [0.2, 0.25) is 5.95 Å². The lowest BCUT2D eigenvalue weighted by Crippen LogP contribution is -2.55. The van der Waals surface area contributed by atoms with E-state index in [2.05, 4.69) is 41.5 Å². The molecule has 3 heterocycles. The Balaban J connectivity index is 1.48. The number of ether oxygens (including phenoxy) is 1. The minimum atomic E-state index is 0.147. The highest BCUT2D eigenvalue weighted by Crippen LogP contribution is 2.25. The van der Waals surface area contributed by atoms with Gasteiger partial charge in [-0.25, -0.2) is 9.78 Å². The van der Waals surface area contributed by atoms with Crippen molar-refractivity contribution >= 4 is 23.0 Å². The van der Waals surface area contributed by atoms with E-state index in [0.717, 1.165) is 44.2 Å². The van der Waals surface area contributed by atoms with Crippen LogP contribution < -0.4 is 4.90 Å². The molecule has 1 aromatic heterocycles. The molecule has 0 radical (unpaired) electrons. The van der Waals surface area contributed by atoms with E-state index in [-0.39, 0.29) is 6.03 Å². The zero-order valence-corrected chi connectivity index (χ0v) is 16.3. The van der Waals surface area contributed by atoms with Crippen molar-refractivity contribution in [2.24, 2.45) is 5.92 Å². The number of urea groups is 1. The maximum Gasteiger partial charge on any atom is 0.320 e. The molecule has 4 rings (SSSR count). The van der Waals surface area contributed by atoms with Gasteiger partial charge >= 0.3 is 6.03 Å². The van der Waals surface area contributed by atoms with Crippen LogP contribution in [-0.2, 0) is 11.3 Å². The summed E-state index contributed by atoms with van der Waals surface area (Å²) < 4.78 is 7.69. The summed E-state index contributed by atoms with van der Waals surface area (Å²) >= 11 is 0. The Kier molecular flexibility index (Phi) is 5.20. The van der Waals surface area contributed by atoms with Gasteiger partial charge in [-0.2, -0.15) is 0 Å². The quantitative estimate of drug-likeness (QED) is 0.831. The number of fused-ring (bicyclic) bond motifs is 1. The predicted molar refractivity (Wildman–Crippen MR) is 106 cm³/mol. The molecular formula is C20H29N5O2. The molecule has 0 bridgehead atoms. The fourth-order valence-electron chi connectivity index (χ4n) is 3.90. The van der Waals surface area contributed by atoms with Crippen LogP contribution in [0, 0.1) is 5.92 Å². The standard InChI is InChI=1S/C20H29N5O2/c1-16(2)15-25-18-6-4-3-5-17(18)21-19(25)22-7-9-23(10-8-22)20(26)24-11-13-27-14-12-24/h3-6,16H,7-15H2,1-2H3. The summed E-state index contributed by atoms with van der Waals surface area (Å²) in [5.74, 6) is 1.58. The van der Waals surface area contributed by atoms with Gasteiger partial charge in [-0.1, -0.05) is 26.0 Å². The molecule has 2 fully saturated rings. The molecule has 27 heavy (non-hydrogen) atoms. The highest BCUT2D eigenvalue weighted by Gasteiger charge is 2.28. The normalized spacial score (nSPS) is 18.6. The number of benzene rings is 1. The van der Waals surface area contributed by atoms with Gasteiger partial charge in [-0.3, -0.25) is 0 Å². The fraction of sp³-hybridized carbons (Fsp3) is 0.600. The summed E-state index contributed by atoms with van der Waals surface area (Å²) in [7, 11) is 0. The van der Waals surface area contributed by atoms with Crippen molar-refractivity contribution in [1.82, 2.24) is 19.4 Å². The maximum atomic E-state index is 12.7. The summed E-state index contributed by atoms with van der Waals surface area (Å²) in [6.45, 7) is 11.2. The monoisotopic (exact) mass is 371 g/mol. The van der Waals surface area contributed by atoms with E-state index in [1.54, 1.807) is 0 Å². The first-order chi connectivity index (χ1) is 13.1. The lowest BCUT2D eigenvalue weighted by Gasteiger charge is -2.39. The first kappa shape index (κ1) is 18.1. The average Bonchev–Trinajstić information content (AvgIpc) is 3.06. The number of para-hydroxylation sites is 2. The Morgan fingerprint density at radius 3 is 2.41 bits per heavy atom. The molecule has 7 nitrogen and oxygen atoms in total. The van der Waals surface area contributed by atoms with Crippen LogP contribution in [0.4, 0.5) is 10.7 Å². The molecule has 2 amide bonds. The Morgan fingerprint density at radius 1 is 1.04 bits per heavy atom. The van der Waals surface area contributed by atoms with Crippen LogP contribution in [0.15, 0.2) is 24.3 Å². The second-order valence-electron chi connectivity index (χ2n) is 7.76. The number of rotatable bonds is 3. The summed E-state index contributed by atoms with van der Waals surface area (Å²) in [6.07, 6.45) is 0. The zero-order chi connectivity index (χ0) is 18.8. The van der Waals surface area contributed by atoms with E-state index in [1.165, 1.54) is 5.52 Å². The molecule has 1 aromatic carbocycles. The average molecular weight is 371 g/mol. The number of anilines is 1. The van der Waals surface area contributed by atoms with Crippen molar-refractivity contribution < 1.29 is 9.53 Å². The Hall–Kier alpha value is -2.28. The van der Waals surface area contributed by atoms with Crippen molar-refractivity contribution in [2.45, 2.75) is 20.4 Å². The summed E-state index contributed by atoms with van der Waals surface area (Å²) in [6, 6.07) is 8.48. The molecule has 0 unspecified atom stereocenters. The van der Waals surface area contributed by atoms with Gasteiger partial charge < -0.3 is 24.0 Å². The van der Waals surface area contributed by atoms with Crippen LogP contribution in [0.5, 0.6) is 0 Å². The van der Waals surface area contributed by atoms with Crippen LogP contribution in [0.1, 0.15) is 13.8 Å². The molecule has 2 aliphatic heterocycles. The Bertz CT molecular complexity index is 789. The largest absolute Gasteiger partial charge is 0.378 e. The second-order valence-corrected chi connectivity index (χ2v) is 7.76. The van der Waals surface area contributed by atoms with Crippen molar-refractivity contribution in [1.29, 1.82) is 0 Å². The lowest BCUT2D eigenvalue weighted by molar-refractivity contribution is 0.0428.